The van der Waals surface area contributed by atoms with E-state index < -0.39 is 17.7 Å². The first kappa shape index (κ1) is 19.2. The van der Waals surface area contributed by atoms with E-state index in [2.05, 4.69) is 9.97 Å². The predicted molar refractivity (Wildman–Crippen MR) is 103 cm³/mol. The molecule has 3 rings (SSSR count). The van der Waals surface area contributed by atoms with Gasteiger partial charge in [-0.25, -0.2) is 9.97 Å². The molecular formula is C19H22N4O3S. The zero-order chi connectivity index (χ0) is 19.7. The standard InChI is InChI=1S/C19H22N4O3S/c1-11-13(10-20-12(2)21-11)17(24)15-16(14-6-5-9-27-14)23(8-7-22(3)4)19(26)18(15)25/h5-6,9-10,16,24H,7-8H2,1-4H3/t16-/m0/s1. The van der Waals surface area contributed by atoms with E-state index in [9.17, 15) is 14.7 Å². The Kier molecular flexibility index (Phi) is 5.38. The van der Waals surface area contributed by atoms with E-state index in [1.807, 2.05) is 36.5 Å². The van der Waals surface area contributed by atoms with Crippen molar-refractivity contribution in [3.05, 3.63) is 51.2 Å². The Morgan fingerprint density at radius 1 is 1.33 bits per heavy atom. The number of aryl methyl sites for hydroxylation is 2. The molecular weight excluding hydrogens is 364 g/mol. The maximum atomic E-state index is 12.8. The van der Waals surface area contributed by atoms with E-state index >= 15 is 0 Å². The molecule has 1 N–H and O–H groups in total. The van der Waals surface area contributed by atoms with Crippen LogP contribution in [-0.4, -0.2) is 63.7 Å². The predicted octanol–water partition coefficient (Wildman–Crippen LogP) is 2.14. The lowest BCUT2D eigenvalue weighted by molar-refractivity contribution is -0.140. The number of nitrogens with zero attached hydrogens (tertiary/aromatic N) is 4. The van der Waals surface area contributed by atoms with Gasteiger partial charge in [0, 0.05) is 24.2 Å². The first-order valence-electron chi connectivity index (χ1n) is 8.58. The number of aliphatic hydroxyl groups excluding tert-OH is 1. The molecule has 0 aromatic carbocycles. The van der Waals surface area contributed by atoms with E-state index in [0.717, 1.165) is 4.88 Å². The lowest BCUT2D eigenvalue weighted by atomic mass is 10.00. The Labute approximate surface area is 162 Å². The third kappa shape index (κ3) is 3.63. The zero-order valence-corrected chi connectivity index (χ0v) is 16.6. The van der Waals surface area contributed by atoms with E-state index in [1.54, 1.807) is 13.8 Å². The summed E-state index contributed by atoms with van der Waals surface area (Å²) in [4.78, 5) is 38.2. The van der Waals surface area contributed by atoms with Gasteiger partial charge in [-0.15, -0.1) is 11.3 Å². The molecule has 0 unspecified atom stereocenters. The van der Waals surface area contributed by atoms with Crippen LogP contribution in [0.4, 0.5) is 0 Å². The van der Waals surface area contributed by atoms with Crippen LogP contribution in [-0.2, 0) is 9.59 Å². The Morgan fingerprint density at radius 2 is 2.07 bits per heavy atom. The van der Waals surface area contributed by atoms with Gasteiger partial charge in [-0.05, 0) is 39.4 Å². The van der Waals surface area contributed by atoms with E-state index in [0.29, 0.717) is 30.2 Å². The summed E-state index contributed by atoms with van der Waals surface area (Å²) in [6.07, 6.45) is 1.49. The minimum Gasteiger partial charge on any atom is -0.507 e. The Bertz CT molecular complexity index is 906. The molecule has 0 radical (unpaired) electrons. The highest BCUT2D eigenvalue weighted by Crippen LogP contribution is 2.41. The molecule has 2 aromatic heterocycles. The van der Waals surface area contributed by atoms with Crippen molar-refractivity contribution in [3.63, 3.8) is 0 Å². The average molecular weight is 386 g/mol. The molecule has 1 aliphatic heterocycles. The molecule has 0 saturated carbocycles. The molecule has 1 amide bonds. The van der Waals surface area contributed by atoms with Crippen LogP contribution in [0.5, 0.6) is 0 Å². The van der Waals surface area contributed by atoms with Gasteiger partial charge in [-0.1, -0.05) is 6.07 Å². The molecule has 8 heteroatoms. The number of Topliss-reactive ketones (excluding diaryl/α,β-unsaturated/α-hetero) is 1. The number of carbonyl (C=O) groups excluding carboxylic acids is 2. The van der Waals surface area contributed by atoms with Crippen molar-refractivity contribution in [1.82, 2.24) is 19.8 Å². The SMILES string of the molecule is Cc1ncc(C(O)=C2C(=O)C(=O)N(CCN(C)C)[C@H]2c2cccs2)c(C)n1. The van der Waals surface area contributed by atoms with E-state index in [-0.39, 0.29) is 11.3 Å². The molecule has 1 saturated heterocycles. The van der Waals surface area contributed by atoms with Crippen molar-refractivity contribution in [2.75, 3.05) is 27.2 Å². The summed E-state index contributed by atoms with van der Waals surface area (Å²) in [5.41, 5.74) is 1.02. The topological polar surface area (TPSA) is 86.6 Å². The second-order valence-corrected chi connectivity index (χ2v) is 7.71. The number of amides is 1. The highest BCUT2D eigenvalue weighted by Gasteiger charge is 2.46. The number of hydrogen-bond donors (Lipinski definition) is 1. The number of hydrogen-bond acceptors (Lipinski definition) is 7. The zero-order valence-electron chi connectivity index (χ0n) is 15.8. The largest absolute Gasteiger partial charge is 0.507 e. The number of aliphatic hydroxyl groups is 1. The minimum absolute atomic E-state index is 0.0942. The maximum Gasteiger partial charge on any atom is 0.295 e. The van der Waals surface area contributed by atoms with Crippen LogP contribution < -0.4 is 0 Å². The van der Waals surface area contributed by atoms with Gasteiger partial charge in [-0.2, -0.15) is 0 Å². The van der Waals surface area contributed by atoms with Gasteiger partial charge in [0.05, 0.1) is 22.9 Å². The summed E-state index contributed by atoms with van der Waals surface area (Å²) in [5, 5.41) is 12.8. The molecule has 1 atom stereocenters. The number of likely N-dealkylation sites (tertiary alicyclic amines) is 1. The fourth-order valence-electron chi connectivity index (χ4n) is 3.12. The molecule has 2 aromatic rings. The summed E-state index contributed by atoms with van der Waals surface area (Å²) in [6, 6.07) is 3.13. The third-order valence-corrected chi connectivity index (χ3v) is 5.42. The van der Waals surface area contributed by atoms with Gasteiger partial charge >= 0.3 is 0 Å². The van der Waals surface area contributed by atoms with E-state index in [4.69, 9.17) is 0 Å². The number of carbonyl (C=O) groups is 2. The molecule has 27 heavy (non-hydrogen) atoms. The molecule has 0 bridgehead atoms. The smallest absolute Gasteiger partial charge is 0.295 e. The molecule has 1 aliphatic rings. The number of thiophene rings is 1. The number of ketones is 1. The number of likely N-dealkylation sites (N-methyl/N-ethyl adjacent to an activating group) is 1. The molecule has 3 heterocycles. The van der Waals surface area contributed by atoms with Crippen LogP contribution >= 0.6 is 11.3 Å². The van der Waals surface area contributed by atoms with Crippen molar-refractivity contribution < 1.29 is 14.7 Å². The Hall–Kier alpha value is -2.58. The van der Waals surface area contributed by atoms with Gasteiger partial charge in [0.15, 0.2) is 0 Å². The second-order valence-electron chi connectivity index (χ2n) is 6.73. The van der Waals surface area contributed by atoms with Crippen molar-refractivity contribution in [2.45, 2.75) is 19.9 Å². The van der Waals surface area contributed by atoms with Crippen molar-refractivity contribution in [2.24, 2.45) is 0 Å². The molecule has 1 fully saturated rings. The second kappa shape index (κ2) is 7.58. The Balaban J connectivity index is 2.13. The maximum absolute atomic E-state index is 12.8. The lowest BCUT2D eigenvalue weighted by Crippen LogP contribution is -2.35. The summed E-state index contributed by atoms with van der Waals surface area (Å²) in [7, 11) is 3.81. The van der Waals surface area contributed by atoms with Crippen LogP contribution in [0.1, 0.15) is 28.0 Å². The molecule has 0 spiro atoms. The van der Waals surface area contributed by atoms with E-state index in [1.165, 1.54) is 22.4 Å². The van der Waals surface area contributed by atoms with Crippen LogP contribution in [0.3, 0.4) is 0 Å². The highest BCUT2D eigenvalue weighted by molar-refractivity contribution is 7.10. The Morgan fingerprint density at radius 3 is 2.67 bits per heavy atom. The normalized spacial score (nSPS) is 19.3. The highest BCUT2D eigenvalue weighted by atomic mass is 32.1. The monoisotopic (exact) mass is 386 g/mol. The summed E-state index contributed by atoms with van der Waals surface area (Å²) >= 11 is 1.45. The van der Waals surface area contributed by atoms with Crippen molar-refractivity contribution in [1.29, 1.82) is 0 Å². The first-order chi connectivity index (χ1) is 12.8. The summed E-state index contributed by atoms with van der Waals surface area (Å²) in [5.74, 6) is -0.922. The van der Waals surface area contributed by atoms with Crippen LogP contribution in [0.25, 0.3) is 5.76 Å². The van der Waals surface area contributed by atoms with Gasteiger partial charge in [0.1, 0.15) is 11.6 Å². The summed E-state index contributed by atoms with van der Waals surface area (Å²) in [6.45, 7) is 4.50. The molecule has 142 valence electrons. The molecule has 7 nitrogen and oxygen atoms in total. The van der Waals surface area contributed by atoms with Gasteiger partial charge in [-0.3, -0.25) is 9.59 Å². The van der Waals surface area contributed by atoms with Gasteiger partial charge in [0.2, 0.25) is 0 Å². The van der Waals surface area contributed by atoms with Crippen molar-refractivity contribution >= 4 is 28.8 Å². The van der Waals surface area contributed by atoms with Crippen LogP contribution in [0.15, 0.2) is 29.3 Å². The van der Waals surface area contributed by atoms with Crippen LogP contribution in [0, 0.1) is 13.8 Å². The minimum atomic E-state index is -0.676. The lowest BCUT2D eigenvalue weighted by Gasteiger charge is -2.25. The third-order valence-electron chi connectivity index (χ3n) is 4.50. The first-order valence-corrected chi connectivity index (χ1v) is 9.46. The average Bonchev–Trinajstić information content (AvgIpc) is 3.20. The summed E-state index contributed by atoms with van der Waals surface area (Å²) < 4.78 is 0. The molecule has 0 aliphatic carbocycles. The quantitative estimate of drug-likeness (QED) is 0.481. The van der Waals surface area contributed by atoms with Crippen molar-refractivity contribution in [3.8, 4) is 0 Å². The van der Waals surface area contributed by atoms with Crippen LogP contribution in [0.2, 0.25) is 0 Å². The van der Waals surface area contributed by atoms with Gasteiger partial charge < -0.3 is 14.9 Å². The fourth-order valence-corrected chi connectivity index (χ4v) is 3.97. The number of rotatable bonds is 5. The number of aromatic nitrogens is 2. The fraction of sp³-hybridized carbons (Fsp3) is 0.368. The van der Waals surface area contributed by atoms with Gasteiger partial charge in [0.25, 0.3) is 11.7 Å².